The number of halogens is 2. The van der Waals surface area contributed by atoms with E-state index < -0.39 is 23.5 Å². The van der Waals surface area contributed by atoms with E-state index in [2.05, 4.69) is 10.6 Å². The molecule has 2 heterocycles. The number of amides is 4. The molecule has 0 aromatic heterocycles. The highest BCUT2D eigenvalue weighted by atomic mass is 19.1. The average Bonchev–Trinajstić information content (AvgIpc) is 3.07. The van der Waals surface area contributed by atoms with Gasteiger partial charge in [-0.1, -0.05) is 12.1 Å². The van der Waals surface area contributed by atoms with Crippen LogP contribution >= 0.6 is 0 Å². The van der Waals surface area contributed by atoms with Crippen LogP contribution in [0.15, 0.2) is 42.5 Å². The van der Waals surface area contributed by atoms with Crippen LogP contribution in [0.2, 0.25) is 0 Å². The second-order valence-electron chi connectivity index (χ2n) is 8.37. The van der Waals surface area contributed by atoms with Crippen LogP contribution in [-0.4, -0.2) is 74.2 Å². The lowest BCUT2D eigenvalue weighted by Crippen LogP contribution is -2.60. The summed E-state index contributed by atoms with van der Waals surface area (Å²) in [7, 11) is 1.59. The molecule has 1 unspecified atom stereocenters. The van der Waals surface area contributed by atoms with Gasteiger partial charge in [0.25, 0.3) is 0 Å². The van der Waals surface area contributed by atoms with Gasteiger partial charge in [-0.15, -0.1) is 0 Å². The van der Waals surface area contributed by atoms with Crippen LogP contribution in [0.5, 0.6) is 5.75 Å². The number of methoxy groups -OCH3 is 1. The maximum atomic E-state index is 14.0. The molecule has 0 radical (unpaired) electrons. The van der Waals surface area contributed by atoms with E-state index in [1.807, 2.05) is 24.3 Å². The third-order valence-corrected chi connectivity index (χ3v) is 5.88. The first kappa shape index (κ1) is 24.7. The average molecular weight is 491 g/mol. The monoisotopic (exact) mass is 490 g/mol. The number of nitrogens with one attached hydrogen (secondary N) is 2. The van der Waals surface area contributed by atoms with Crippen LogP contribution in [0, 0.1) is 11.6 Å². The van der Waals surface area contributed by atoms with E-state index in [1.165, 1.54) is 4.90 Å². The standard InChI is InChI=1S/C24H28F2N4O5/c1-33-19-6-3-17(4-7-19)14-27-22(31)29-9-2-11-34-24(15-29)16-30(10-12-35-24)23(32)28-21-8-5-18(25)13-20(21)26/h3-8,13H,2,9-12,14-16H2,1H3,(H,27,31)(H,28,32). The molecule has 0 saturated carbocycles. The number of hydrogen-bond donors (Lipinski definition) is 2. The molecule has 4 amide bonds. The predicted octanol–water partition coefficient (Wildman–Crippen LogP) is 3.17. The third-order valence-electron chi connectivity index (χ3n) is 5.88. The molecule has 2 aliphatic heterocycles. The smallest absolute Gasteiger partial charge is 0.322 e. The number of benzene rings is 2. The molecule has 0 aliphatic carbocycles. The number of carbonyl (C=O) groups is 2. The maximum absolute atomic E-state index is 14.0. The summed E-state index contributed by atoms with van der Waals surface area (Å²) in [6, 6.07) is 9.48. The molecular weight excluding hydrogens is 462 g/mol. The van der Waals surface area contributed by atoms with E-state index in [9.17, 15) is 18.4 Å². The van der Waals surface area contributed by atoms with Crippen molar-refractivity contribution in [2.75, 3.05) is 51.8 Å². The molecule has 11 heteroatoms. The lowest BCUT2D eigenvalue weighted by molar-refractivity contribution is -0.258. The highest BCUT2D eigenvalue weighted by Gasteiger charge is 2.43. The summed E-state index contributed by atoms with van der Waals surface area (Å²) in [5.74, 6) is -2.07. The predicted molar refractivity (Wildman–Crippen MR) is 123 cm³/mol. The summed E-state index contributed by atoms with van der Waals surface area (Å²) in [6.07, 6.45) is 0.605. The molecule has 2 aromatic rings. The SMILES string of the molecule is COc1ccc(CNC(=O)N2CCCOC3(C2)CN(C(=O)Nc2ccc(F)cc2F)CCO3)cc1. The number of hydrogen-bond acceptors (Lipinski definition) is 5. The quantitative estimate of drug-likeness (QED) is 0.687. The molecule has 1 atom stereocenters. The number of nitrogens with zero attached hydrogens (tertiary/aromatic N) is 2. The van der Waals surface area contributed by atoms with Crippen LogP contribution in [0.25, 0.3) is 0 Å². The zero-order chi connectivity index (χ0) is 24.8. The Morgan fingerprint density at radius 1 is 1.00 bits per heavy atom. The Kier molecular flexibility index (Phi) is 7.67. The van der Waals surface area contributed by atoms with Crippen molar-refractivity contribution in [3.8, 4) is 5.75 Å². The van der Waals surface area contributed by atoms with Gasteiger partial charge in [0.2, 0.25) is 5.79 Å². The van der Waals surface area contributed by atoms with Crippen molar-refractivity contribution in [2.45, 2.75) is 18.8 Å². The summed E-state index contributed by atoms with van der Waals surface area (Å²) < 4.78 is 44.2. The van der Waals surface area contributed by atoms with Crippen molar-refractivity contribution in [2.24, 2.45) is 0 Å². The number of carbonyl (C=O) groups excluding carboxylic acids is 2. The van der Waals surface area contributed by atoms with Gasteiger partial charge in [-0.05, 0) is 36.2 Å². The van der Waals surface area contributed by atoms with Gasteiger partial charge < -0.3 is 34.6 Å². The maximum Gasteiger partial charge on any atom is 0.322 e. The molecule has 1 spiro atoms. The molecular formula is C24H28F2N4O5. The minimum Gasteiger partial charge on any atom is -0.497 e. The molecule has 2 fully saturated rings. The fraction of sp³-hybridized carbons (Fsp3) is 0.417. The first-order valence-electron chi connectivity index (χ1n) is 11.3. The Morgan fingerprint density at radius 2 is 1.71 bits per heavy atom. The Morgan fingerprint density at radius 3 is 2.43 bits per heavy atom. The fourth-order valence-electron chi connectivity index (χ4n) is 4.03. The van der Waals surface area contributed by atoms with Crippen molar-refractivity contribution in [3.05, 3.63) is 59.7 Å². The Labute approximate surface area is 201 Å². The van der Waals surface area contributed by atoms with E-state index in [-0.39, 0.29) is 38.0 Å². The van der Waals surface area contributed by atoms with E-state index >= 15 is 0 Å². The number of ether oxygens (including phenoxy) is 3. The first-order chi connectivity index (χ1) is 16.9. The molecule has 2 N–H and O–H groups in total. The second kappa shape index (κ2) is 10.9. The molecule has 0 bridgehead atoms. The largest absolute Gasteiger partial charge is 0.497 e. The second-order valence-corrected chi connectivity index (χ2v) is 8.37. The topological polar surface area (TPSA) is 92.4 Å². The molecule has 2 aliphatic rings. The van der Waals surface area contributed by atoms with Gasteiger partial charge in [0.15, 0.2) is 0 Å². The highest BCUT2D eigenvalue weighted by Crippen LogP contribution is 2.25. The van der Waals surface area contributed by atoms with Crippen LogP contribution in [0.1, 0.15) is 12.0 Å². The van der Waals surface area contributed by atoms with Crippen molar-refractivity contribution in [1.29, 1.82) is 0 Å². The summed E-state index contributed by atoms with van der Waals surface area (Å²) in [6.45, 7) is 1.76. The Bertz CT molecular complexity index is 1050. The highest BCUT2D eigenvalue weighted by molar-refractivity contribution is 5.89. The van der Waals surface area contributed by atoms with E-state index in [4.69, 9.17) is 14.2 Å². The summed E-state index contributed by atoms with van der Waals surface area (Å²) >= 11 is 0. The van der Waals surface area contributed by atoms with Gasteiger partial charge in [0.1, 0.15) is 17.4 Å². The van der Waals surface area contributed by atoms with Crippen LogP contribution < -0.4 is 15.4 Å². The van der Waals surface area contributed by atoms with Crippen LogP contribution in [-0.2, 0) is 16.0 Å². The number of morpholine rings is 1. The lowest BCUT2D eigenvalue weighted by Gasteiger charge is -2.42. The minimum atomic E-state index is -1.20. The van der Waals surface area contributed by atoms with E-state index in [0.29, 0.717) is 32.2 Å². The van der Waals surface area contributed by atoms with E-state index in [1.54, 1.807) is 12.0 Å². The summed E-state index contributed by atoms with van der Waals surface area (Å²) in [4.78, 5) is 28.7. The molecule has 188 valence electrons. The van der Waals surface area contributed by atoms with Gasteiger partial charge in [0.05, 0.1) is 39.1 Å². The molecule has 9 nitrogen and oxygen atoms in total. The first-order valence-corrected chi connectivity index (χ1v) is 11.3. The van der Waals surface area contributed by atoms with Crippen LogP contribution in [0.3, 0.4) is 0 Å². The molecule has 35 heavy (non-hydrogen) atoms. The van der Waals surface area contributed by atoms with Gasteiger partial charge in [-0.3, -0.25) is 0 Å². The van der Waals surface area contributed by atoms with Gasteiger partial charge in [-0.2, -0.15) is 0 Å². The van der Waals surface area contributed by atoms with Crippen molar-refractivity contribution in [1.82, 2.24) is 15.1 Å². The number of anilines is 1. The Balaban J connectivity index is 1.37. The molecule has 2 aromatic carbocycles. The number of urea groups is 2. The van der Waals surface area contributed by atoms with Gasteiger partial charge in [-0.25, -0.2) is 18.4 Å². The molecule has 4 rings (SSSR count). The van der Waals surface area contributed by atoms with Gasteiger partial charge >= 0.3 is 12.1 Å². The zero-order valence-electron chi connectivity index (χ0n) is 19.4. The van der Waals surface area contributed by atoms with Crippen molar-refractivity contribution >= 4 is 17.7 Å². The van der Waals surface area contributed by atoms with Crippen LogP contribution in [0.4, 0.5) is 24.1 Å². The fourth-order valence-corrected chi connectivity index (χ4v) is 4.03. The minimum absolute atomic E-state index is 0.0455. The molecule has 2 saturated heterocycles. The zero-order valence-corrected chi connectivity index (χ0v) is 19.4. The van der Waals surface area contributed by atoms with Crippen molar-refractivity contribution < 1.29 is 32.6 Å². The van der Waals surface area contributed by atoms with Gasteiger partial charge in [0, 0.05) is 25.7 Å². The summed E-state index contributed by atoms with van der Waals surface area (Å²) in [5, 5.41) is 5.36. The third kappa shape index (κ3) is 6.17. The normalized spacial score (nSPS) is 20.3. The lowest BCUT2D eigenvalue weighted by atomic mass is 10.2. The number of rotatable bonds is 4. The Hall–Kier alpha value is -3.44. The summed E-state index contributed by atoms with van der Waals surface area (Å²) in [5.41, 5.74) is 0.794. The van der Waals surface area contributed by atoms with E-state index in [0.717, 1.165) is 23.4 Å². The van der Waals surface area contributed by atoms with Crippen molar-refractivity contribution in [3.63, 3.8) is 0 Å².